The summed E-state index contributed by atoms with van der Waals surface area (Å²) in [6, 6.07) is 6.52. The molecule has 1 aliphatic heterocycles. The lowest BCUT2D eigenvalue weighted by Gasteiger charge is -2.39. The third kappa shape index (κ3) is 2.70. The molecule has 20 heavy (non-hydrogen) atoms. The van der Waals surface area contributed by atoms with Gasteiger partial charge in [-0.05, 0) is 36.0 Å². The molecule has 1 aliphatic carbocycles. The first-order valence-electron chi connectivity index (χ1n) is 7.33. The molecule has 2 N–H and O–H groups in total. The zero-order valence-electron chi connectivity index (χ0n) is 12.0. The Hall–Kier alpha value is -1.06. The van der Waals surface area contributed by atoms with Gasteiger partial charge in [0.05, 0.1) is 0 Å². The lowest BCUT2D eigenvalue weighted by Crippen LogP contribution is -2.44. The molecular formula is C16H23ClN2O. The molecule has 1 heterocycles. The molecule has 0 bridgehead atoms. The second-order valence-corrected chi connectivity index (χ2v) is 5.88. The van der Waals surface area contributed by atoms with E-state index in [2.05, 4.69) is 35.8 Å². The molecule has 1 aromatic carbocycles. The quantitative estimate of drug-likeness (QED) is 0.896. The molecule has 1 fully saturated rings. The van der Waals surface area contributed by atoms with Crippen LogP contribution in [-0.2, 0) is 24.4 Å². The van der Waals surface area contributed by atoms with E-state index in [1.165, 1.54) is 23.1 Å². The second kappa shape index (κ2) is 6.15. The van der Waals surface area contributed by atoms with E-state index in [1.54, 1.807) is 0 Å². The predicted octanol–water partition coefficient (Wildman–Crippen LogP) is 2.91. The molecule has 3 nitrogen and oxygen atoms in total. The maximum absolute atomic E-state index is 12.3. The van der Waals surface area contributed by atoms with Crippen LogP contribution in [0.5, 0.6) is 0 Å². The van der Waals surface area contributed by atoms with E-state index in [9.17, 15) is 4.79 Å². The number of fused-ring (bicyclic) bond motifs is 1. The Bertz CT molecular complexity index is 492. The zero-order valence-corrected chi connectivity index (χ0v) is 12.8. The van der Waals surface area contributed by atoms with Gasteiger partial charge in [-0.1, -0.05) is 31.5 Å². The zero-order chi connectivity index (χ0) is 13.3. The van der Waals surface area contributed by atoms with Crippen LogP contribution in [0, 0.1) is 5.41 Å². The number of carbonyl (C=O) groups is 1. The van der Waals surface area contributed by atoms with Gasteiger partial charge in [0, 0.05) is 25.0 Å². The minimum absolute atomic E-state index is 0. The summed E-state index contributed by atoms with van der Waals surface area (Å²) in [5, 5.41) is 6.47. The van der Waals surface area contributed by atoms with E-state index in [4.69, 9.17) is 0 Å². The van der Waals surface area contributed by atoms with Crippen LogP contribution < -0.4 is 10.6 Å². The molecular weight excluding hydrogens is 272 g/mol. The summed E-state index contributed by atoms with van der Waals surface area (Å²) in [6.45, 7) is 4.71. The van der Waals surface area contributed by atoms with E-state index in [-0.39, 0.29) is 23.7 Å². The smallest absolute Gasteiger partial charge is 0.226 e. The Morgan fingerprint density at radius 3 is 2.70 bits per heavy atom. The van der Waals surface area contributed by atoms with Crippen molar-refractivity contribution in [3.05, 3.63) is 34.9 Å². The van der Waals surface area contributed by atoms with E-state index in [0.29, 0.717) is 6.54 Å². The molecule has 0 spiro atoms. The summed E-state index contributed by atoms with van der Waals surface area (Å²) in [5.74, 6) is 0.250. The van der Waals surface area contributed by atoms with Crippen molar-refractivity contribution in [2.24, 2.45) is 5.41 Å². The Labute approximate surface area is 126 Å². The van der Waals surface area contributed by atoms with Crippen LogP contribution in [-0.4, -0.2) is 5.91 Å². The topological polar surface area (TPSA) is 41.1 Å². The number of halogens is 1. The highest BCUT2D eigenvalue weighted by molar-refractivity contribution is 5.85. The van der Waals surface area contributed by atoms with Gasteiger partial charge in [-0.2, -0.15) is 0 Å². The van der Waals surface area contributed by atoms with Crippen molar-refractivity contribution in [2.45, 2.75) is 52.2 Å². The summed E-state index contributed by atoms with van der Waals surface area (Å²) >= 11 is 0. The average molecular weight is 295 g/mol. The Morgan fingerprint density at radius 1 is 1.30 bits per heavy atom. The summed E-state index contributed by atoms with van der Waals surface area (Å²) in [5.41, 5.74) is 3.92. The number of hydrogen-bond donors (Lipinski definition) is 2. The van der Waals surface area contributed by atoms with Gasteiger partial charge in [0.2, 0.25) is 5.91 Å². The highest BCUT2D eigenvalue weighted by Crippen LogP contribution is 2.43. The Kier molecular flexibility index (Phi) is 4.71. The summed E-state index contributed by atoms with van der Waals surface area (Å²) in [7, 11) is 0. The van der Waals surface area contributed by atoms with Gasteiger partial charge in [-0.15, -0.1) is 12.4 Å². The third-order valence-corrected chi connectivity index (χ3v) is 4.82. The van der Waals surface area contributed by atoms with Gasteiger partial charge >= 0.3 is 0 Å². The predicted molar refractivity (Wildman–Crippen MR) is 82.7 cm³/mol. The molecule has 0 aromatic heterocycles. The SMILES string of the molecule is CCC1(C(=O)NCc2ccc3c(c2)CNC3)CCC1.Cl. The maximum Gasteiger partial charge on any atom is 0.226 e. The summed E-state index contributed by atoms with van der Waals surface area (Å²) in [4.78, 5) is 12.3. The molecule has 2 aliphatic rings. The first-order chi connectivity index (χ1) is 9.23. The number of hydrogen-bond acceptors (Lipinski definition) is 2. The van der Waals surface area contributed by atoms with Crippen LogP contribution >= 0.6 is 12.4 Å². The van der Waals surface area contributed by atoms with Crippen molar-refractivity contribution in [1.82, 2.24) is 10.6 Å². The molecule has 0 unspecified atom stereocenters. The summed E-state index contributed by atoms with van der Waals surface area (Å²) in [6.07, 6.45) is 4.28. The fourth-order valence-corrected chi connectivity index (χ4v) is 3.17. The fourth-order valence-electron chi connectivity index (χ4n) is 3.17. The van der Waals surface area contributed by atoms with Crippen LogP contribution in [0.3, 0.4) is 0 Å². The van der Waals surface area contributed by atoms with Crippen LogP contribution in [0.2, 0.25) is 0 Å². The largest absolute Gasteiger partial charge is 0.352 e. The van der Waals surface area contributed by atoms with Crippen molar-refractivity contribution in [3.8, 4) is 0 Å². The maximum atomic E-state index is 12.3. The fraction of sp³-hybridized carbons (Fsp3) is 0.562. The molecule has 4 heteroatoms. The van der Waals surface area contributed by atoms with E-state index in [1.807, 2.05) is 0 Å². The average Bonchev–Trinajstić information content (AvgIpc) is 2.83. The molecule has 110 valence electrons. The number of amides is 1. The van der Waals surface area contributed by atoms with Gasteiger partial charge in [-0.3, -0.25) is 4.79 Å². The van der Waals surface area contributed by atoms with E-state index >= 15 is 0 Å². The minimum Gasteiger partial charge on any atom is -0.352 e. The number of nitrogens with one attached hydrogen (secondary N) is 2. The number of rotatable bonds is 4. The van der Waals surface area contributed by atoms with E-state index in [0.717, 1.165) is 32.4 Å². The van der Waals surface area contributed by atoms with Gasteiger partial charge in [-0.25, -0.2) is 0 Å². The molecule has 1 aromatic rings. The van der Waals surface area contributed by atoms with Crippen LogP contribution in [0.15, 0.2) is 18.2 Å². The molecule has 1 saturated carbocycles. The van der Waals surface area contributed by atoms with Crippen molar-refractivity contribution in [3.63, 3.8) is 0 Å². The molecule has 0 radical (unpaired) electrons. The van der Waals surface area contributed by atoms with Gasteiger partial charge in [0.1, 0.15) is 0 Å². The normalized spacial score (nSPS) is 18.6. The lowest BCUT2D eigenvalue weighted by molar-refractivity contribution is -0.136. The molecule has 3 rings (SSSR count). The Morgan fingerprint density at radius 2 is 2.05 bits per heavy atom. The number of benzene rings is 1. The molecule has 0 saturated heterocycles. The summed E-state index contributed by atoms with van der Waals surface area (Å²) < 4.78 is 0. The standard InChI is InChI=1S/C16H22N2O.ClH/c1-2-16(6-3-7-16)15(19)18-9-12-4-5-13-10-17-11-14(13)8-12;/h4-5,8,17H,2-3,6-7,9-11H2,1H3,(H,18,19);1H. The Balaban J connectivity index is 0.00000147. The van der Waals surface area contributed by atoms with Gasteiger partial charge in [0.15, 0.2) is 0 Å². The van der Waals surface area contributed by atoms with E-state index < -0.39 is 0 Å². The van der Waals surface area contributed by atoms with Crippen molar-refractivity contribution in [1.29, 1.82) is 0 Å². The van der Waals surface area contributed by atoms with Crippen molar-refractivity contribution < 1.29 is 4.79 Å². The van der Waals surface area contributed by atoms with Crippen LogP contribution in [0.25, 0.3) is 0 Å². The van der Waals surface area contributed by atoms with Crippen LogP contribution in [0.4, 0.5) is 0 Å². The van der Waals surface area contributed by atoms with Crippen LogP contribution in [0.1, 0.15) is 49.3 Å². The minimum atomic E-state index is -0.0573. The van der Waals surface area contributed by atoms with Crippen molar-refractivity contribution >= 4 is 18.3 Å². The molecule has 0 atom stereocenters. The van der Waals surface area contributed by atoms with Gasteiger partial charge < -0.3 is 10.6 Å². The lowest BCUT2D eigenvalue weighted by atomic mass is 9.66. The first kappa shape index (κ1) is 15.3. The first-order valence-corrected chi connectivity index (χ1v) is 7.33. The highest BCUT2D eigenvalue weighted by atomic mass is 35.5. The van der Waals surface area contributed by atoms with Crippen molar-refractivity contribution in [2.75, 3.05) is 0 Å². The third-order valence-electron chi connectivity index (χ3n) is 4.82. The molecule has 1 amide bonds. The second-order valence-electron chi connectivity index (χ2n) is 5.88. The number of carbonyl (C=O) groups excluding carboxylic acids is 1. The van der Waals surface area contributed by atoms with Gasteiger partial charge in [0.25, 0.3) is 0 Å². The monoisotopic (exact) mass is 294 g/mol. The highest BCUT2D eigenvalue weighted by Gasteiger charge is 2.41.